The quantitative estimate of drug-likeness (QED) is 0.644. The van der Waals surface area contributed by atoms with Crippen molar-refractivity contribution in [2.45, 2.75) is 0 Å². The van der Waals surface area contributed by atoms with E-state index < -0.39 is 0 Å². The monoisotopic (exact) mass is 425 g/mol. The molecule has 1 aromatic carbocycles. The maximum atomic E-state index is 14.0. The Balaban J connectivity index is 1.97. The van der Waals surface area contributed by atoms with Crippen LogP contribution in [0.2, 0.25) is 0 Å². The first-order valence-electron chi connectivity index (χ1n) is 6.72. The highest BCUT2D eigenvalue weighted by Crippen LogP contribution is 2.30. The molecule has 3 aromatic rings. The van der Waals surface area contributed by atoms with Gasteiger partial charge in [-0.1, -0.05) is 5.10 Å². The Morgan fingerprint density at radius 1 is 1.17 bits per heavy atom. The lowest BCUT2D eigenvalue weighted by Crippen LogP contribution is -2.08. The third-order valence-electron chi connectivity index (χ3n) is 3.05. The topological polar surface area (TPSA) is 67.1 Å². The number of hydrogen-bond acceptors (Lipinski definition) is 6. The van der Waals surface area contributed by atoms with Crippen molar-refractivity contribution in [1.82, 2.24) is 15.2 Å². The molecular weight excluding hydrogens is 412 g/mol. The van der Waals surface area contributed by atoms with Gasteiger partial charge in [-0.3, -0.25) is 4.98 Å². The summed E-state index contributed by atoms with van der Waals surface area (Å²) in [5.74, 6) is -0.00395. The van der Waals surface area contributed by atoms with E-state index >= 15 is 0 Å². The number of halogens is 2. The molecule has 8 heteroatoms. The summed E-state index contributed by atoms with van der Waals surface area (Å²) in [5.41, 5.74) is 1.59. The summed E-state index contributed by atoms with van der Waals surface area (Å²) in [4.78, 5) is 5.78. The van der Waals surface area contributed by atoms with E-state index in [0.29, 0.717) is 28.8 Å². The van der Waals surface area contributed by atoms with Crippen LogP contribution in [0.15, 0.2) is 41.1 Å². The average molecular weight is 425 g/mol. The molecule has 0 aliphatic heterocycles. The minimum Gasteiger partial charge on any atom is -0.403 e. The maximum absolute atomic E-state index is 14.0. The molecule has 2 aromatic heterocycles. The summed E-state index contributed by atoms with van der Waals surface area (Å²) in [6.45, 7) is 0. The van der Waals surface area contributed by atoms with Gasteiger partial charge in [-0.2, -0.15) is 0 Å². The zero-order valence-corrected chi connectivity index (χ0v) is 14.6. The Bertz CT molecular complexity index is 836. The minimum atomic E-state index is -0.341. The number of nitrogens with zero attached hydrogens (tertiary/aromatic N) is 4. The van der Waals surface area contributed by atoms with Crippen LogP contribution in [-0.2, 0) is 0 Å². The van der Waals surface area contributed by atoms with Crippen molar-refractivity contribution in [3.8, 4) is 11.5 Å². The lowest BCUT2D eigenvalue weighted by Gasteiger charge is -2.10. The van der Waals surface area contributed by atoms with Crippen LogP contribution in [-0.4, -0.2) is 29.3 Å². The van der Waals surface area contributed by atoms with E-state index in [1.807, 2.05) is 20.2 Å². The van der Waals surface area contributed by atoms with E-state index in [1.54, 1.807) is 29.4 Å². The Kier molecular flexibility index (Phi) is 4.42. The van der Waals surface area contributed by atoms with Crippen LogP contribution in [0, 0.1) is 9.39 Å². The van der Waals surface area contributed by atoms with Crippen LogP contribution >= 0.6 is 22.6 Å². The second-order valence-corrected chi connectivity index (χ2v) is 6.20. The zero-order chi connectivity index (χ0) is 16.4. The van der Waals surface area contributed by atoms with E-state index in [4.69, 9.17) is 4.42 Å². The summed E-state index contributed by atoms with van der Waals surface area (Å²) in [5, 5.41) is 11.0. The number of rotatable bonds is 4. The van der Waals surface area contributed by atoms with Gasteiger partial charge in [0.25, 0.3) is 5.89 Å². The molecule has 6 nitrogen and oxygen atoms in total. The first-order valence-corrected chi connectivity index (χ1v) is 7.80. The van der Waals surface area contributed by atoms with E-state index in [9.17, 15) is 4.39 Å². The lowest BCUT2D eigenvalue weighted by atomic mass is 10.2. The van der Waals surface area contributed by atoms with Gasteiger partial charge in [-0.15, -0.1) is 5.10 Å². The van der Waals surface area contributed by atoms with Crippen LogP contribution in [0.25, 0.3) is 11.5 Å². The molecular formula is C15H13FIN5O. The second-order valence-electron chi connectivity index (χ2n) is 4.95. The van der Waals surface area contributed by atoms with Crippen molar-refractivity contribution in [3.05, 3.63) is 46.0 Å². The summed E-state index contributed by atoms with van der Waals surface area (Å²) < 4.78 is 20.5. The third kappa shape index (κ3) is 3.41. The molecule has 0 saturated heterocycles. The number of hydrogen-bond donors (Lipinski definition) is 1. The molecule has 118 valence electrons. The van der Waals surface area contributed by atoms with Crippen LogP contribution in [0.4, 0.5) is 21.8 Å². The van der Waals surface area contributed by atoms with E-state index in [1.165, 1.54) is 6.07 Å². The Labute approximate surface area is 145 Å². The van der Waals surface area contributed by atoms with Crippen molar-refractivity contribution in [2.75, 3.05) is 24.3 Å². The van der Waals surface area contributed by atoms with Gasteiger partial charge in [0, 0.05) is 23.9 Å². The summed E-state index contributed by atoms with van der Waals surface area (Å²) in [7, 11) is 3.62. The largest absolute Gasteiger partial charge is 0.403 e. The van der Waals surface area contributed by atoms with Crippen LogP contribution in [0.5, 0.6) is 0 Å². The molecule has 0 aliphatic carbocycles. The van der Waals surface area contributed by atoms with Gasteiger partial charge in [0.05, 0.1) is 23.1 Å². The van der Waals surface area contributed by atoms with Crippen molar-refractivity contribution < 1.29 is 8.81 Å². The average Bonchev–Trinajstić information content (AvgIpc) is 3.00. The van der Waals surface area contributed by atoms with E-state index in [2.05, 4.69) is 43.1 Å². The molecule has 3 rings (SSSR count). The molecule has 0 bridgehead atoms. The van der Waals surface area contributed by atoms with Gasteiger partial charge in [-0.05, 0) is 46.9 Å². The smallest absolute Gasteiger partial charge is 0.317 e. The highest BCUT2D eigenvalue weighted by Gasteiger charge is 2.15. The Hall–Kier alpha value is -2.23. The van der Waals surface area contributed by atoms with Gasteiger partial charge in [0.2, 0.25) is 0 Å². The molecule has 0 unspecified atom stereocenters. The summed E-state index contributed by atoms with van der Waals surface area (Å²) >= 11 is 2.06. The molecule has 1 N–H and O–H groups in total. The predicted molar refractivity (Wildman–Crippen MR) is 94.3 cm³/mol. The number of benzene rings is 1. The molecule has 0 fully saturated rings. The normalized spacial score (nSPS) is 10.6. The van der Waals surface area contributed by atoms with Crippen molar-refractivity contribution in [3.63, 3.8) is 0 Å². The molecule has 0 radical (unpaired) electrons. The molecule has 23 heavy (non-hydrogen) atoms. The number of pyridine rings is 1. The zero-order valence-electron chi connectivity index (χ0n) is 12.4. The fraction of sp³-hybridized carbons (Fsp3) is 0.133. The fourth-order valence-corrected chi connectivity index (χ4v) is 2.37. The Morgan fingerprint density at radius 2 is 2.00 bits per heavy atom. The first kappa shape index (κ1) is 15.7. The number of aromatic nitrogens is 3. The predicted octanol–water partition coefficient (Wildman–Crippen LogP) is 3.68. The summed E-state index contributed by atoms with van der Waals surface area (Å²) in [6, 6.07) is 7.07. The second kappa shape index (κ2) is 6.49. The third-order valence-corrected chi connectivity index (χ3v) is 3.72. The molecule has 0 amide bonds. The van der Waals surface area contributed by atoms with E-state index in [0.717, 1.165) is 3.57 Å². The first-order chi connectivity index (χ1) is 11.0. The van der Waals surface area contributed by atoms with Crippen molar-refractivity contribution >= 4 is 40.0 Å². The standard InChI is InChI=1S/C15H13FIN5O/c1-22(2)15-21-20-14(23-15)10-5-6-18-8-13(10)19-12-4-3-9(17)7-11(12)16/h3-8,19H,1-2H3. The van der Waals surface area contributed by atoms with Gasteiger partial charge in [-0.25, -0.2) is 4.39 Å². The molecule has 0 saturated carbocycles. The minimum absolute atomic E-state index is 0.338. The highest BCUT2D eigenvalue weighted by molar-refractivity contribution is 14.1. The number of anilines is 3. The molecule has 0 aliphatic rings. The van der Waals surface area contributed by atoms with Crippen LogP contribution < -0.4 is 10.2 Å². The fourth-order valence-electron chi connectivity index (χ4n) is 1.92. The van der Waals surface area contributed by atoms with Gasteiger partial charge in [0.15, 0.2) is 0 Å². The summed E-state index contributed by atoms with van der Waals surface area (Å²) in [6.07, 6.45) is 3.20. The molecule has 0 atom stereocenters. The van der Waals surface area contributed by atoms with Gasteiger partial charge >= 0.3 is 6.01 Å². The van der Waals surface area contributed by atoms with E-state index in [-0.39, 0.29) is 5.82 Å². The Morgan fingerprint density at radius 3 is 2.70 bits per heavy atom. The van der Waals surface area contributed by atoms with Crippen LogP contribution in [0.3, 0.4) is 0 Å². The molecule has 0 spiro atoms. The van der Waals surface area contributed by atoms with Crippen molar-refractivity contribution in [1.29, 1.82) is 0 Å². The highest BCUT2D eigenvalue weighted by atomic mass is 127. The van der Waals surface area contributed by atoms with Crippen molar-refractivity contribution in [2.24, 2.45) is 0 Å². The molecule has 2 heterocycles. The lowest BCUT2D eigenvalue weighted by molar-refractivity contribution is 0.566. The van der Waals surface area contributed by atoms with Gasteiger partial charge in [0.1, 0.15) is 5.82 Å². The van der Waals surface area contributed by atoms with Gasteiger partial charge < -0.3 is 14.6 Å². The maximum Gasteiger partial charge on any atom is 0.317 e. The van der Waals surface area contributed by atoms with Crippen LogP contribution in [0.1, 0.15) is 0 Å². The SMILES string of the molecule is CN(C)c1nnc(-c2ccncc2Nc2ccc(I)cc2F)o1. The number of nitrogens with one attached hydrogen (secondary N) is 1.